The van der Waals surface area contributed by atoms with Crippen molar-refractivity contribution >= 4 is 12.1 Å². The molecule has 3 nitrogen and oxygen atoms in total. The van der Waals surface area contributed by atoms with Gasteiger partial charge in [0.2, 0.25) is 6.41 Å². The van der Waals surface area contributed by atoms with E-state index in [0.29, 0.717) is 17.7 Å². The minimum atomic E-state index is -2.47. The number of hydrogen-bond donors (Lipinski definition) is 0. The van der Waals surface area contributed by atoms with Crippen LogP contribution in [0.4, 0.5) is 13.2 Å². The predicted molar refractivity (Wildman–Crippen MR) is 59.9 cm³/mol. The first-order valence-electron chi connectivity index (χ1n) is 5.32. The number of amides is 1. The summed E-state index contributed by atoms with van der Waals surface area (Å²) in [5.74, 6) is -0.389. The molecular weight excluding hydrogens is 245 g/mol. The minimum absolute atomic E-state index is 0.0839. The van der Waals surface area contributed by atoms with Crippen molar-refractivity contribution in [3.63, 3.8) is 0 Å². The van der Waals surface area contributed by atoms with Crippen LogP contribution in [0, 0.1) is 5.82 Å². The summed E-state index contributed by atoms with van der Waals surface area (Å²) >= 11 is 0. The molecule has 2 rings (SSSR count). The van der Waals surface area contributed by atoms with Gasteiger partial charge < -0.3 is 4.90 Å². The van der Waals surface area contributed by atoms with Crippen molar-refractivity contribution in [3.8, 4) is 0 Å². The maximum atomic E-state index is 12.8. The first-order valence-corrected chi connectivity index (χ1v) is 5.32. The zero-order valence-electron chi connectivity index (χ0n) is 9.39. The van der Waals surface area contributed by atoms with E-state index in [-0.39, 0.29) is 12.5 Å². The third kappa shape index (κ3) is 2.64. The van der Waals surface area contributed by atoms with E-state index in [9.17, 15) is 18.0 Å². The first kappa shape index (κ1) is 12.5. The number of nitrogens with zero attached hydrogens (tertiary/aromatic N) is 2. The molecule has 1 heterocycles. The molecule has 0 saturated heterocycles. The van der Waals surface area contributed by atoms with Crippen LogP contribution in [0.1, 0.15) is 5.56 Å². The second-order valence-corrected chi connectivity index (χ2v) is 3.90. The van der Waals surface area contributed by atoms with Crippen molar-refractivity contribution in [1.29, 1.82) is 0 Å². The maximum Gasteiger partial charge on any atom is 0.255 e. The van der Waals surface area contributed by atoms with Gasteiger partial charge in [-0.25, -0.2) is 13.2 Å². The van der Waals surface area contributed by atoms with Crippen LogP contribution in [-0.2, 0) is 4.79 Å². The molecule has 0 saturated carbocycles. The van der Waals surface area contributed by atoms with Gasteiger partial charge in [-0.2, -0.15) is 0 Å². The topological polar surface area (TPSA) is 23.6 Å². The lowest BCUT2D eigenvalue weighted by molar-refractivity contribution is -0.116. The summed E-state index contributed by atoms with van der Waals surface area (Å²) in [7, 11) is 0. The fourth-order valence-electron chi connectivity index (χ4n) is 1.80. The van der Waals surface area contributed by atoms with Crippen LogP contribution in [-0.4, -0.2) is 35.8 Å². The van der Waals surface area contributed by atoms with E-state index in [0.717, 1.165) is 0 Å². The fourth-order valence-corrected chi connectivity index (χ4v) is 1.80. The lowest BCUT2D eigenvalue weighted by Gasteiger charge is -2.17. The molecule has 1 aromatic rings. The van der Waals surface area contributed by atoms with Gasteiger partial charge in [-0.05, 0) is 29.8 Å². The van der Waals surface area contributed by atoms with Crippen LogP contribution in [0.3, 0.4) is 0 Å². The molecule has 1 amide bonds. The Bertz CT molecular complexity index is 459. The molecule has 0 aliphatic carbocycles. The molecule has 0 N–H and O–H groups in total. The molecular formula is C12H11F3N2O. The number of hydrogen-bond acceptors (Lipinski definition) is 2. The number of rotatable bonds is 4. The van der Waals surface area contributed by atoms with E-state index in [1.807, 2.05) is 0 Å². The Hall–Kier alpha value is -1.98. The Labute approximate surface area is 102 Å². The van der Waals surface area contributed by atoms with Crippen LogP contribution in [0.15, 0.2) is 30.5 Å². The number of alkyl halides is 2. The van der Waals surface area contributed by atoms with Crippen molar-refractivity contribution in [2.45, 2.75) is 6.43 Å². The summed E-state index contributed by atoms with van der Waals surface area (Å²) in [4.78, 5) is 13.5. The van der Waals surface area contributed by atoms with Gasteiger partial charge in [-0.3, -0.25) is 9.69 Å². The molecule has 0 unspecified atom stereocenters. The van der Waals surface area contributed by atoms with Gasteiger partial charge in [0.1, 0.15) is 5.82 Å². The highest BCUT2D eigenvalue weighted by atomic mass is 19.3. The van der Waals surface area contributed by atoms with Crippen LogP contribution in [0.25, 0.3) is 5.70 Å². The summed E-state index contributed by atoms with van der Waals surface area (Å²) in [5, 5.41) is 0. The van der Waals surface area contributed by atoms with Gasteiger partial charge in [0.05, 0.1) is 18.9 Å². The minimum Gasteiger partial charge on any atom is -0.352 e. The highest BCUT2D eigenvalue weighted by molar-refractivity contribution is 5.75. The van der Waals surface area contributed by atoms with Gasteiger partial charge in [0, 0.05) is 6.20 Å². The second-order valence-electron chi connectivity index (χ2n) is 3.90. The van der Waals surface area contributed by atoms with E-state index in [1.165, 1.54) is 40.3 Å². The SMILES string of the molecule is O=CN1CN(CC(F)F)C=C1c1ccc(F)cc1. The lowest BCUT2D eigenvalue weighted by Crippen LogP contribution is -2.28. The first-order chi connectivity index (χ1) is 8.60. The van der Waals surface area contributed by atoms with Crippen molar-refractivity contribution < 1.29 is 18.0 Å². The molecule has 1 aliphatic heterocycles. The summed E-state index contributed by atoms with van der Waals surface area (Å²) in [6.45, 7) is -0.352. The Kier molecular flexibility index (Phi) is 3.55. The summed E-state index contributed by atoms with van der Waals surface area (Å²) in [6.07, 6.45) is -0.420. The highest BCUT2D eigenvalue weighted by Gasteiger charge is 2.23. The van der Waals surface area contributed by atoms with Crippen molar-refractivity contribution in [1.82, 2.24) is 9.80 Å². The molecule has 0 bridgehead atoms. The molecule has 0 spiro atoms. The number of carbonyl (C=O) groups is 1. The molecule has 0 fully saturated rings. The molecule has 1 aromatic carbocycles. The Morgan fingerprint density at radius 3 is 2.50 bits per heavy atom. The van der Waals surface area contributed by atoms with Crippen molar-refractivity contribution in [2.75, 3.05) is 13.2 Å². The molecule has 6 heteroatoms. The van der Waals surface area contributed by atoms with Gasteiger partial charge in [0.15, 0.2) is 0 Å². The molecule has 96 valence electrons. The van der Waals surface area contributed by atoms with Gasteiger partial charge in [-0.1, -0.05) is 0 Å². The summed E-state index contributed by atoms with van der Waals surface area (Å²) < 4.78 is 37.3. The molecule has 0 radical (unpaired) electrons. The van der Waals surface area contributed by atoms with Crippen molar-refractivity contribution in [3.05, 3.63) is 41.8 Å². The maximum absolute atomic E-state index is 12.8. The zero-order valence-corrected chi connectivity index (χ0v) is 9.39. The average molecular weight is 256 g/mol. The van der Waals surface area contributed by atoms with Gasteiger partial charge >= 0.3 is 0 Å². The number of benzene rings is 1. The highest BCUT2D eigenvalue weighted by Crippen LogP contribution is 2.25. The molecule has 0 aromatic heterocycles. The standard InChI is InChI=1S/C12H11F3N2O/c13-10-3-1-9(2-4-10)11-5-16(6-12(14)15)7-17(11)8-18/h1-5,8,12H,6-7H2. The smallest absolute Gasteiger partial charge is 0.255 e. The quantitative estimate of drug-likeness (QED) is 0.770. The normalized spacial score (nSPS) is 15.2. The predicted octanol–water partition coefficient (Wildman–Crippen LogP) is 2.12. The number of carbonyl (C=O) groups excluding carboxylic acids is 1. The van der Waals surface area contributed by atoms with E-state index in [2.05, 4.69) is 0 Å². The largest absolute Gasteiger partial charge is 0.352 e. The fraction of sp³-hybridized carbons (Fsp3) is 0.250. The summed E-state index contributed by atoms with van der Waals surface area (Å²) in [5.41, 5.74) is 1.10. The summed E-state index contributed by atoms with van der Waals surface area (Å²) in [6, 6.07) is 5.52. The van der Waals surface area contributed by atoms with Gasteiger partial charge in [-0.15, -0.1) is 0 Å². The second kappa shape index (κ2) is 5.12. The Morgan fingerprint density at radius 2 is 1.94 bits per heavy atom. The lowest BCUT2D eigenvalue weighted by atomic mass is 10.1. The van der Waals surface area contributed by atoms with Crippen LogP contribution in [0.5, 0.6) is 0 Å². The third-order valence-corrected chi connectivity index (χ3v) is 2.59. The molecule has 1 aliphatic rings. The van der Waals surface area contributed by atoms with E-state index < -0.39 is 13.0 Å². The van der Waals surface area contributed by atoms with Crippen molar-refractivity contribution in [2.24, 2.45) is 0 Å². The van der Waals surface area contributed by atoms with E-state index in [4.69, 9.17) is 0 Å². The zero-order chi connectivity index (χ0) is 13.1. The van der Waals surface area contributed by atoms with E-state index >= 15 is 0 Å². The average Bonchev–Trinajstić information content (AvgIpc) is 2.72. The van der Waals surface area contributed by atoms with Crippen LogP contribution in [0.2, 0.25) is 0 Å². The van der Waals surface area contributed by atoms with Crippen LogP contribution < -0.4 is 0 Å². The Morgan fingerprint density at radius 1 is 1.28 bits per heavy atom. The molecule has 0 atom stereocenters. The number of halogens is 3. The van der Waals surface area contributed by atoms with Crippen LogP contribution >= 0.6 is 0 Å². The monoisotopic (exact) mass is 256 g/mol. The van der Waals surface area contributed by atoms with Gasteiger partial charge in [0.25, 0.3) is 6.43 Å². The Balaban J connectivity index is 2.23. The third-order valence-electron chi connectivity index (χ3n) is 2.59. The molecule has 18 heavy (non-hydrogen) atoms. The van der Waals surface area contributed by atoms with E-state index in [1.54, 1.807) is 0 Å².